The largest absolute Gasteiger partial charge is 0.508 e. The number of rotatable bonds is 10. The number of allylic oxidation sites excluding steroid dienone is 2. The number of halogens is 2. The van der Waals surface area contributed by atoms with Crippen LogP contribution in [0.5, 0.6) is 6.01 Å². The third kappa shape index (κ3) is 6.47. The Morgan fingerprint density at radius 1 is 1.11 bits per heavy atom. The number of fused-ring (bicyclic) bond motifs is 5. The zero-order valence-electron chi connectivity index (χ0n) is 27.6. The number of aryl methyl sites for hydroxylation is 1. The molecule has 4 aliphatic heterocycles. The zero-order chi connectivity index (χ0) is 32.7. The van der Waals surface area contributed by atoms with E-state index in [0.29, 0.717) is 55.1 Å². The highest BCUT2D eigenvalue weighted by Crippen LogP contribution is 2.36. The first-order chi connectivity index (χ1) is 22.8. The molecule has 5 heterocycles. The molecule has 4 unspecified atom stereocenters. The average molecular weight is 646 g/mol. The van der Waals surface area contributed by atoms with Gasteiger partial charge >= 0.3 is 6.01 Å². The van der Waals surface area contributed by atoms with Gasteiger partial charge in [-0.3, -0.25) is 4.90 Å². The fraction of sp³-hybridized carbons (Fsp3) is 0.514. The SMILES string of the molecule is CCc1cccc(/C=C(O)\C=C(/C)c2c(F)cc3c(N4CC5CCC(C4)N5)nc(OCCCN4C5CCC4COC5)nc3c2F)c1C. The molecular weight excluding hydrogens is 600 g/mol. The molecular formula is C37H45F2N5O3. The van der Waals surface area contributed by atoms with Crippen LogP contribution < -0.4 is 15.0 Å². The van der Waals surface area contributed by atoms with Crippen LogP contribution in [0.3, 0.4) is 0 Å². The van der Waals surface area contributed by atoms with E-state index in [2.05, 4.69) is 33.1 Å². The number of nitrogens with zero attached hydrogens (tertiary/aromatic N) is 4. The summed E-state index contributed by atoms with van der Waals surface area (Å²) in [6.07, 6.45) is 9.14. The van der Waals surface area contributed by atoms with Crippen LogP contribution in [0.15, 0.2) is 36.1 Å². The van der Waals surface area contributed by atoms with Gasteiger partial charge in [0.25, 0.3) is 0 Å². The minimum Gasteiger partial charge on any atom is -0.508 e. The quantitative estimate of drug-likeness (QED) is 0.150. The lowest BCUT2D eigenvalue weighted by Crippen LogP contribution is -2.51. The Bertz CT molecular complexity index is 1680. The van der Waals surface area contributed by atoms with Crippen molar-refractivity contribution in [2.24, 2.45) is 0 Å². The topological polar surface area (TPSA) is 83.0 Å². The Kier molecular flexibility index (Phi) is 9.18. The van der Waals surface area contributed by atoms with E-state index in [4.69, 9.17) is 14.5 Å². The van der Waals surface area contributed by atoms with E-state index in [-0.39, 0.29) is 28.4 Å². The van der Waals surface area contributed by atoms with Crippen LogP contribution >= 0.6 is 0 Å². The molecule has 10 heteroatoms. The highest BCUT2D eigenvalue weighted by molar-refractivity contribution is 5.93. The Balaban J connectivity index is 1.19. The predicted octanol–water partition coefficient (Wildman–Crippen LogP) is 6.35. The van der Waals surface area contributed by atoms with E-state index in [1.54, 1.807) is 13.0 Å². The molecule has 47 heavy (non-hydrogen) atoms. The van der Waals surface area contributed by atoms with Crippen molar-refractivity contribution in [2.45, 2.75) is 83.5 Å². The summed E-state index contributed by atoms with van der Waals surface area (Å²) in [5, 5.41) is 14.8. The number of anilines is 1. The molecule has 2 N–H and O–H groups in total. The number of hydrogen-bond acceptors (Lipinski definition) is 8. The van der Waals surface area contributed by atoms with Gasteiger partial charge in [-0.1, -0.05) is 25.1 Å². The van der Waals surface area contributed by atoms with Crippen molar-refractivity contribution in [3.8, 4) is 6.01 Å². The monoisotopic (exact) mass is 645 g/mol. The Morgan fingerprint density at radius 3 is 2.57 bits per heavy atom. The van der Waals surface area contributed by atoms with Gasteiger partial charge in [-0.2, -0.15) is 9.97 Å². The van der Waals surface area contributed by atoms with E-state index < -0.39 is 11.6 Å². The van der Waals surface area contributed by atoms with Crippen LogP contribution in [-0.2, 0) is 11.2 Å². The number of aliphatic hydroxyl groups excluding tert-OH is 1. The first-order valence-corrected chi connectivity index (χ1v) is 17.1. The van der Waals surface area contributed by atoms with Gasteiger partial charge in [-0.05, 0) is 92.9 Å². The van der Waals surface area contributed by atoms with Gasteiger partial charge in [0.2, 0.25) is 0 Å². The predicted molar refractivity (Wildman–Crippen MR) is 181 cm³/mol. The third-order valence-electron chi connectivity index (χ3n) is 10.5. The van der Waals surface area contributed by atoms with Crippen LogP contribution in [0.4, 0.5) is 14.6 Å². The summed E-state index contributed by atoms with van der Waals surface area (Å²) in [6.45, 7) is 9.93. The highest BCUT2D eigenvalue weighted by atomic mass is 19.1. The lowest BCUT2D eigenvalue weighted by atomic mass is 9.99. The summed E-state index contributed by atoms with van der Waals surface area (Å²) in [5.41, 5.74) is 3.14. The summed E-state index contributed by atoms with van der Waals surface area (Å²) >= 11 is 0. The van der Waals surface area contributed by atoms with Crippen molar-refractivity contribution < 1.29 is 23.4 Å². The zero-order valence-corrected chi connectivity index (χ0v) is 27.6. The van der Waals surface area contributed by atoms with Crippen LogP contribution in [0.2, 0.25) is 0 Å². The number of nitrogens with one attached hydrogen (secondary N) is 1. The number of piperazine rings is 1. The molecule has 0 saturated carbocycles. The minimum atomic E-state index is -0.790. The molecule has 4 fully saturated rings. The maximum atomic E-state index is 16.5. The molecule has 1 aromatic heterocycles. The van der Waals surface area contributed by atoms with Gasteiger partial charge in [0.15, 0.2) is 5.82 Å². The van der Waals surface area contributed by atoms with Crippen molar-refractivity contribution in [3.63, 3.8) is 0 Å². The number of aromatic nitrogens is 2. The first kappa shape index (κ1) is 32.0. The van der Waals surface area contributed by atoms with Crippen molar-refractivity contribution >= 4 is 28.4 Å². The number of aliphatic hydroxyl groups is 1. The molecule has 0 radical (unpaired) electrons. The van der Waals surface area contributed by atoms with E-state index in [0.717, 1.165) is 56.6 Å². The van der Waals surface area contributed by atoms with E-state index in [9.17, 15) is 5.11 Å². The van der Waals surface area contributed by atoms with Crippen molar-refractivity contribution in [1.29, 1.82) is 0 Å². The average Bonchev–Trinajstić information content (AvgIpc) is 3.50. The third-order valence-corrected chi connectivity index (χ3v) is 10.5. The number of ether oxygens (including phenoxy) is 2. The summed E-state index contributed by atoms with van der Waals surface area (Å²) in [4.78, 5) is 13.9. The van der Waals surface area contributed by atoms with Gasteiger partial charge in [0.05, 0.1) is 25.4 Å². The maximum absolute atomic E-state index is 16.5. The normalized spacial score (nSPS) is 24.8. The van der Waals surface area contributed by atoms with Crippen molar-refractivity contribution in [2.75, 3.05) is 44.4 Å². The molecule has 0 aliphatic carbocycles. The lowest BCUT2D eigenvalue weighted by molar-refractivity contribution is -0.0161. The van der Waals surface area contributed by atoms with Crippen molar-refractivity contribution in [3.05, 3.63) is 70.0 Å². The maximum Gasteiger partial charge on any atom is 0.319 e. The summed E-state index contributed by atoms with van der Waals surface area (Å²) in [7, 11) is 0. The summed E-state index contributed by atoms with van der Waals surface area (Å²) < 4.78 is 44.1. The van der Waals surface area contributed by atoms with E-state index in [1.165, 1.54) is 30.5 Å². The molecule has 2 aromatic carbocycles. The van der Waals surface area contributed by atoms with Gasteiger partial charge in [-0.15, -0.1) is 0 Å². The van der Waals surface area contributed by atoms with Gasteiger partial charge in [-0.25, -0.2) is 8.78 Å². The second-order valence-corrected chi connectivity index (χ2v) is 13.6. The van der Waals surface area contributed by atoms with E-state index in [1.807, 2.05) is 19.1 Å². The molecule has 4 aliphatic rings. The second kappa shape index (κ2) is 13.5. The minimum absolute atomic E-state index is 0.0150. The van der Waals surface area contributed by atoms with Crippen LogP contribution in [-0.4, -0.2) is 83.6 Å². The fourth-order valence-electron chi connectivity index (χ4n) is 8.02. The standard InChI is InChI=1S/C37H45F2N5O3/c1-4-24-7-5-8-25(23(24)3)16-30(45)15-22(2)33-32(38)17-31-35(34(33)39)41-37(42-36(31)43-18-26-9-10-27(19-43)40-26)47-14-6-13-44-28-11-12-29(44)21-46-20-28/h5,7-8,15-17,26-29,40,45H,4,6,9-14,18-21H2,1-3H3/b22-15+,30-16+. The number of benzene rings is 2. The second-order valence-electron chi connectivity index (χ2n) is 13.6. The molecule has 4 bridgehead atoms. The molecule has 0 spiro atoms. The smallest absolute Gasteiger partial charge is 0.319 e. The lowest BCUT2D eigenvalue weighted by Gasteiger charge is -2.34. The highest BCUT2D eigenvalue weighted by Gasteiger charge is 2.37. The van der Waals surface area contributed by atoms with Gasteiger partial charge in [0.1, 0.15) is 22.9 Å². The summed E-state index contributed by atoms with van der Waals surface area (Å²) in [5.74, 6) is -1.11. The van der Waals surface area contributed by atoms with Crippen LogP contribution in [0.25, 0.3) is 22.6 Å². The Labute approximate surface area is 275 Å². The molecule has 4 saturated heterocycles. The van der Waals surface area contributed by atoms with Crippen LogP contribution in [0.1, 0.15) is 68.2 Å². The van der Waals surface area contributed by atoms with Gasteiger partial charge in [0, 0.05) is 49.2 Å². The molecule has 8 nitrogen and oxygen atoms in total. The van der Waals surface area contributed by atoms with Crippen LogP contribution in [0, 0.1) is 18.6 Å². The van der Waals surface area contributed by atoms with E-state index >= 15 is 8.78 Å². The Hall–Kier alpha value is -3.60. The molecule has 4 atom stereocenters. The van der Waals surface area contributed by atoms with Gasteiger partial charge < -0.3 is 24.8 Å². The molecule has 250 valence electrons. The van der Waals surface area contributed by atoms with Crippen molar-refractivity contribution in [1.82, 2.24) is 20.2 Å². The molecule has 3 aromatic rings. The number of morpholine rings is 1. The molecule has 0 amide bonds. The summed E-state index contributed by atoms with van der Waals surface area (Å²) in [6, 6.07) is 8.89. The molecule has 7 rings (SSSR count). The Morgan fingerprint density at radius 2 is 1.85 bits per heavy atom. The first-order valence-electron chi connectivity index (χ1n) is 17.1. The number of hydrogen-bond donors (Lipinski definition) is 2. The fourth-order valence-corrected chi connectivity index (χ4v) is 8.02.